The van der Waals surface area contributed by atoms with Gasteiger partial charge in [0.1, 0.15) is 11.6 Å². The van der Waals surface area contributed by atoms with Crippen molar-refractivity contribution in [2.45, 2.75) is 6.92 Å². The third-order valence-corrected chi connectivity index (χ3v) is 3.13. The molecule has 2 aromatic heterocycles. The van der Waals surface area contributed by atoms with Gasteiger partial charge in [0.25, 0.3) is 5.91 Å². The van der Waals surface area contributed by atoms with E-state index < -0.39 is 17.7 Å². The minimum Gasteiger partial charge on any atom is -0.305 e. The number of rotatable bonds is 3. The van der Waals surface area contributed by atoms with Gasteiger partial charge in [-0.2, -0.15) is 9.49 Å². The molecule has 116 valence electrons. The van der Waals surface area contributed by atoms with E-state index in [4.69, 9.17) is 0 Å². The minimum atomic E-state index is -0.690. The summed E-state index contributed by atoms with van der Waals surface area (Å²) in [6.45, 7) is 1.75. The smallest absolute Gasteiger partial charge is 0.277 e. The summed E-state index contributed by atoms with van der Waals surface area (Å²) in [5.74, 6) is -1.52. The maximum Gasteiger partial charge on any atom is 0.277 e. The number of anilines is 1. The first-order valence-corrected chi connectivity index (χ1v) is 6.79. The average Bonchev–Trinajstić information content (AvgIpc) is 2.89. The monoisotopic (exact) mass is 314 g/mol. The van der Waals surface area contributed by atoms with E-state index in [-0.39, 0.29) is 11.5 Å². The van der Waals surface area contributed by atoms with Crippen LogP contribution in [0.5, 0.6) is 0 Å². The Labute approximate surface area is 130 Å². The molecule has 1 aromatic carbocycles. The summed E-state index contributed by atoms with van der Waals surface area (Å²) in [6, 6.07) is 11.5. The van der Waals surface area contributed by atoms with Gasteiger partial charge in [0.15, 0.2) is 5.69 Å². The number of halogens is 2. The van der Waals surface area contributed by atoms with Crippen molar-refractivity contribution in [3.05, 3.63) is 71.7 Å². The fraction of sp³-hybridized carbons (Fsp3) is 0.0625. The van der Waals surface area contributed by atoms with Crippen LogP contribution >= 0.6 is 0 Å². The summed E-state index contributed by atoms with van der Waals surface area (Å²) >= 11 is 0. The van der Waals surface area contributed by atoms with Gasteiger partial charge >= 0.3 is 0 Å². The highest BCUT2D eigenvalue weighted by Gasteiger charge is 2.14. The lowest BCUT2D eigenvalue weighted by Crippen LogP contribution is -2.14. The number of benzene rings is 1. The lowest BCUT2D eigenvalue weighted by molar-refractivity contribution is 0.102. The van der Waals surface area contributed by atoms with Crippen molar-refractivity contribution in [3.63, 3.8) is 0 Å². The van der Waals surface area contributed by atoms with E-state index in [9.17, 15) is 13.6 Å². The molecule has 0 unspecified atom stereocenters. The molecule has 0 aliphatic carbocycles. The molecule has 0 radical (unpaired) electrons. The Bertz CT molecular complexity index is 876. The number of nitrogens with zero attached hydrogens (tertiary/aromatic N) is 3. The van der Waals surface area contributed by atoms with Crippen LogP contribution in [0.25, 0.3) is 5.69 Å². The van der Waals surface area contributed by atoms with Crippen molar-refractivity contribution in [2.24, 2.45) is 0 Å². The van der Waals surface area contributed by atoms with Gasteiger partial charge in [-0.05, 0) is 43.3 Å². The SMILES string of the molecule is Cc1cc(C(=O)Nc2cccc(F)n2)nn1-c1cccc(F)c1. The Morgan fingerprint density at radius 1 is 1.13 bits per heavy atom. The molecule has 5 nitrogen and oxygen atoms in total. The van der Waals surface area contributed by atoms with Gasteiger partial charge in [0, 0.05) is 5.69 Å². The average molecular weight is 314 g/mol. The quantitative estimate of drug-likeness (QED) is 0.756. The first-order valence-electron chi connectivity index (χ1n) is 6.79. The van der Waals surface area contributed by atoms with Crippen LogP contribution in [-0.2, 0) is 0 Å². The van der Waals surface area contributed by atoms with Crippen LogP contribution in [0.4, 0.5) is 14.6 Å². The third-order valence-electron chi connectivity index (χ3n) is 3.13. The molecule has 0 fully saturated rings. The Morgan fingerprint density at radius 3 is 2.65 bits per heavy atom. The zero-order valence-corrected chi connectivity index (χ0v) is 12.1. The highest BCUT2D eigenvalue weighted by Crippen LogP contribution is 2.14. The van der Waals surface area contributed by atoms with Gasteiger partial charge < -0.3 is 5.32 Å². The molecule has 0 aliphatic heterocycles. The molecule has 23 heavy (non-hydrogen) atoms. The zero-order chi connectivity index (χ0) is 16.4. The van der Waals surface area contributed by atoms with Crippen molar-refractivity contribution in [1.29, 1.82) is 0 Å². The first-order chi connectivity index (χ1) is 11.0. The summed E-state index contributed by atoms with van der Waals surface area (Å²) in [4.78, 5) is 15.7. The number of hydrogen-bond donors (Lipinski definition) is 1. The predicted molar refractivity (Wildman–Crippen MR) is 80.4 cm³/mol. The number of amides is 1. The van der Waals surface area contributed by atoms with Crippen LogP contribution in [-0.4, -0.2) is 20.7 Å². The van der Waals surface area contributed by atoms with E-state index in [1.807, 2.05) is 0 Å². The van der Waals surface area contributed by atoms with Crippen LogP contribution in [0.15, 0.2) is 48.5 Å². The number of nitrogens with one attached hydrogen (secondary N) is 1. The predicted octanol–water partition coefficient (Wildman–Crippen LogP) is 3.11. The van der Waals surface area contributed by atoms with Crippen LogP contribution in [0, 0.1) is 18.7 Å². The highest BCUT2D eigenvalue weighted by molar-refractivity contribution is 6.02. The Balaban J connectivity index is 1.87. The molecule has 3 rings (SSSR count). The summed E-state index contributed by atoms with van der Waals surface area (Å²) < 4.78 is 27.8. The molecule has 0 aliphatic rings. The third kappa shape index (κ3) is 3.23. The molecule has 0 bridgehead atoms. The number of aromatic nitrogens is 3. The van der Waals surface area contributed by atoms with E-state index in [1.54, 1.807) is 25.1 Å². The largest absolute Gasteiger partial charge is 0.305 e. The summed E-state index contributed by atoms with van der Waals surface area (Å²) in [7, 11) is 0. The number of hydrogen-bond acceptors (Lipinski definition) is 3. The van der Waals surface area contributed by atoms with Gasteiger partial charge in [0.2, 0.25) is 5.95 Å². The molecule has 2 heterocycles. The fourth-order valence-electron chi connectivity index (χ4n) is 2.11. The van der Waals surface area contributed by atoms with Crippen molar-refractivity contribution in [1.82, 2.24) is 14.8 Å². The molecular weight excluding hydrogens is 302 g/mol. The van der Waals surface area contributed by atoms with Crippen molar-refractivity contribution < 1.29 is 13.6 Å². The second kappa shape index (κ2) is 5.96. The normalized spacial score (nSPS) is 10.6. The molecule has 0 saturated carbocycles. The number of carbonyl (C=O) groups excluding carboxylic acids is 1. The first kappa shape index (κ1) is 14.8. The Kier molecular flexibility index (Phi) is 3.84. The van der Waals surface area contributed by atoms with E-state index in [0.717, 1.165) is 0 Å². The molecule has 3 aromatic rings. The lowest BCUT2D eigenvalue weighted by atomic mass is 10.3. The van der Waals surface area contributed by atoms with E-state index in [2.05, 4.69) is 15.4 Å². The van der Waals surface area contributed by atoms with Crippen LogP contribution in [0.3, 0.4) is 0 Å². The standard InChI is InChI=1S/C16H12F2N4O/c1-10-8-13(16(23)20-15-7-3-6-14(18)19-15)21-22(10)12-5-2-4-11(17)9-12/h2-9H,1H3,(H,19,20,23). The van der Waals surface area contributed by atoms with E-state index in [0.29, 0.717) is 11.4 Å². The van der Waals surface area contributed by atoms with Crippen LogP contribution in [0.1, 0.15) is 16.2 Å². The van der Waals surface area contributed by atoms with E-state index in [1.165, 1.54) is 35.0 Å². The van der Waals surface area contributed by atoms with Gasteiger partial charge in [-0.3, -0.25) is 4.79 Å². The Morgan fingerprint density at radius 2 is 1.91 bits per heavy atom. The van der Waals surface area contributed by atoms with Gasteiger partial charge in [-0.25, -0.2) is 14.1 Å². The summed E-state index contributed by atoms with van der Waals surface area (Å²) in [5.41, 5.74) is 1.29. The maximum absolute atomic E-state index is 13.3. The minimum absolute atomic E-state index is 0.0907. The second-order valence-electron chi connectivity index (χ2n) is 4.86. The number of aryl methyl sites for hydroxylation is 1. The molecule has 1 N–H and O–H groups in total. The van der Waals surface area contributed by atoms with Gasteiger partial charge in [-0.1, -0.05) is 12.1 Å². The van der Waals surface area contributed by atoms with Crippen molar-refractivity contribution in [2.75, 3.05) is 5.32 Å². The summed E-state index contributed by atoms with van der Waals surface area (Å²) in [6.07, 6.45) is 0. The Hall–Kier alpha value is -3.09. The van der Waals surface area contributed by atoms with Gasteiger partial charge in [0.05, 0.1) is 5.69 Å². The zero-order valence-electron chi connectivity index (χ0n) is 12.1. The van der Waals surface area contributed by atoms with Crippen LogP contribution < -0.4 is 5.32 Å². The molecule has 7 heteroatoms. The number of carbonyl (C=O) groups is 1. The molecule has 0 spiro atoms. The fourth-order valence-corrected chi connectivity index (χ4v) is 2.11. The van der Waals surface area contributed by atoms with Crippen LogP contribution in [0.2, 0.25) is 0 Å². The lowest BCUT2D eigenvalue weighted by Gasteiger charge is -2.04. The molecule has 1 amide bonds. The summed E-state index contributed by atoms with van der Waals surface area (Å²) in [5, 5.41) is 6.62. The van der Waals surface area contributed by atoms with E-state index >= 15 is 0 Å². The number of pyridine rings is 1. The topological polar surface area (TPSA) is 59.8 Å². The molecule has 0 saturated heterocycles. The second-order valence-corrected chi connectivity index (χ2v) is 4.86. The highest BCUT2D eigenvalue weighted by atomic mass is 19.1. The molecular formula is C16H12F2N4O. The maximum atomic E-state index is 13.3. The van der Waals surface area contributed by atoms with Gasteiger partial charge in [-0.15, -0.1) is 0 Å². The van der Waals surface area contributed by atoms with Crippen molar-refractivity contribution in [3.8, 4) is 5.69 Å². The van der Waals surface area contributed by atoms with Crippen molar-refractivity contribution >= 4 is 11.7 Å². The molecule has 0 atom stereocenters.